The predicted octanol–water partition coefficient (Wildman–Crippen LogP) is 4.03. The molecule has 0 bridgehead atoms. The van der Waals surface area contributed by atoms with Crippen LogP contribution in [-0.4, -0.2) is 23.1 Å². The van der Waals surface area contributed by atoms with Gasteiger partial charge in [-0.2, -0.15) is 4.98 Å². The van der Waals surface area contributed by atoms with Crippen LogP contribution in [0.3, 0.4) is 0 Å². The zero-order valence-electron chi connectivity index (χ0n) is 13.1. The van der Waals surface area contributed by atoms with E-state index in [1.165, 1.54) is 0 Å². The molecule has 0 radical (unpaired) electrons. The van der Waals surface area contributed by atoms with Gasteiger partial charge in [0.2, 0.25) is 5.95 Å². The molecule has 0 aliphatic rings. The van der Waals surface area contributed by atoms with Gasteiger partial charge in [0.1, 0.15) is 5.82 Å². The summed E-state index contributed by atoms with van der Waals surface area (Å²) in [6, 6.07) is 12.2. The summed E-state index contributed by atoms with van der Waals surface area (Å²) in [5.41, 5.74) is 2.04. The third-order valence-electron chi connectivity index (χ3n) is 3.02. The summed E-state index contributed by atoms with van der Waals surface area (Å²) in [6.07, 6.45) is 1.05. The first-order valence-electron chi connectivity index (χ1n) is 7.61. The van der Waals surface area contributed by atoms with Crippen LogP contribution in [0.2, 0.25) is 0 Å². The molecular formula is C17H24N4. The molecule has 2 rings (SSSR count). The van der Waals surface area contributed by atoms with Crippen molar-refractivity contribution in [2.45, 2.75) is 27.2 Å². The van der Waals surface area contributed by atoms with Crippen molar-refractivity contribution >= 4 is 11.8 Å². The highest BCUT2D eigenvalue weighted by atomic mass is 15.1. The minimum absolute atomic E-state index is 0.576. The summed E-state index contributed by atoms with van der Waals surface area (Å²) in [6.45, 7) is 8.28. The summed E-state index contributed by atoms with van der Waals surface area (Å²) in [5.74, 6) is 2.13. The lowest BCUT2D eigenvalue weighted by atomic mass is 10.1. The van der Waals surface area contributed by atoms with E-state index >= 15 is 0 Å². The summed E-state index contributed by atoms with van der Waals surface area (Å²) in [4.78, 5) is 9.14. The lowest BCUT2D eigenvalue weighted by Crippen LogP contribution is -2.12. The molecule has 0 saturated heterocycles. The maximum atomic E-state index is 4.61. The molecule has 0 fully saturated rings. The molecule has 0 spiro atoms. The molecule has 0 atom stereocenters. The molecular weight excluding hydrogens is 260 g/mol. The average molecular weight is 284 g/mol. The minimum atomic E-state index is 0.576. The molecule has 1 heterocycles. The Balaban J connectivity index is 2.28. The standard InChI is InChI=1S/C17H24N4/c1-4-10-18-17-20-15(14-8-6-5-7-9-14)11-16(21-17)19-12-13(2)3/h5-9,11,13H,4,10,12H2,1-3H3,(H2,18,19,20,21). The van der Waals surface area contributed by atoms with E-state index in [0.29, 0.717) is 11.9 Å². The highest BCUT2D eigenvalue weighted by molar-refractivity contribution is 5.64. The fraction of sp³-hybridized carbons (Fsp3) is 0.412. The van der Waals surface area contributed by atoms with Gasteiger partial charge in [-0.1, -0.05) is 51.1 Å². The first-order valence-corrected chi connectivity index (χ1v) is 7.61. The lowest BCUT2D eigenvalue weighted by Gasteiger charge is -2.12. The van der Waals surface area contributed by atoms with Gasteiger partial charge >= 0.3 is 0 Å². The lowest BCUT2D eigenvalue weighted by molar-refractivity contribution is 0.687. The summed E-state index contributed by atoms with van der Waals surface area (Å²) < 4.78 is 0. The fourth-order valence-electron chi connectivity index (χ4n) is 1.92. The smallest absolute Gasteiger partial charge is 0.225 e. The zero-order valence-corrected chi connectivity index (χ0v) is 13.1. The van der Waals surface area contributed by atoms with Crippen LogP contribution in [0.1, 0.15) is 27.2 Å². The molecule has 112 valence electrons. The summed E-state index contributed by atoms with van der Waals surface area (Å²) >= 11 is 0. The van der Waals surface area contributed by atoms with Gasteiger partial charge in [0.25, 0.3) is 0 Å². The molecule has 0 unspecified atom stereocenters. The highest BCUT2D eigenvalue weighted by Gasteiger charge is 2.06. The van der Waals surface area contributed by atoms with E-state index in [0.717, 1.165) is 36.6 Å². The topological polar surface area (TPSA) is 49.8 Å². The summed E-state index contributed by atoms with van der Waals surface area (Å²) in [7, 11) is 0. The average Bonchev–Trinajstić information content (AvgIpc) is 2.51. The van der Waals surface area contributed by atoms with Crippen LogP contribution < -0.4 is 10.6 Å². The molecule has 0 aliphatic carbocycles. The maximum absolute atomic E-state index is 4.61. The third-order valence-corrected chi connectivity index (χ3v) is 3.02. The van der Waals surface area contributed by atoms with Crippen LogP contribution in [0, 0.1) is 5.92 Å². The van der Waals surface area contributed by atoms with Crippen molar-refractivity contribution in [1.29, 1.82) is 0 Å². The number of aromatic nitrogens is 2. The largest absolute Gasteiger partial charge is 0.370 e. The van der Waals surface area contributed by atoms with Crippen molar-refractivity contribution in [3.63, 3.8) is 0 Å². The van der Waals surface area contributed by atoms with E-state index in [-0.39, 0.29) is 0 Å². The van der Waals surface area contributed by atoms with Crippen molar-refractivity contribution < 1.29 is 0 Å². The van der Waals surface area contributed by atoms with Crippen LogP contribution in [0.4, 0.5) is 11.8 Å². The Morgan fingerprint density at radius 2 is 1.81 bits per heavy atom. The highest BCUT2D eigenvalue weighted by Crippen LogP contribution is 2.21. The van der Waals surface area contributed by atoms with Crippen molar-refractivity contribution in [2.24, 2.45) is 5.92 Å². The number of anilines is 2. The molecule has 2 aromatic rings. The van der Waals surface area contributed by atoms with Gasteiger partial charge in [0, 0.05) is 24.7 Å². The second-order valence-corrected chi connectivity index (χ2v) is 5.53. The molecule has 1 aromatic carbocycles. The number of nitrogens with zero attached hydrogens (tertiary/aromatic N) is 2. The number of hydrogen-bond acceptors (Lipinski definition) is 4. The van der Waals surface area contributed by atoms with Gasteiger partial charge in [-0.3, -0.25) is 0 Å². The van der Waals surface area contributed by atoms with E-state index in [9.17, 15) is 0 Å². The van der Waals surface area contributed by atoms with Crippen LogP contribution in [0.15, 0.2) is 36.4 Å². The van der Waals surface area contributed by atoms with Gasteiger partial charge in [-0.05, 0) is 12.3 Å². The zero-order chi connectivity index (χ0) is 15.1. The van der Waals surface area contributed by atoms with Crippen LogP contribution in [0.5, 0.6) is 0 Å². The van der Waals surface area contributed by atoms with E-state index in [1.807, 2.05) is 24.3 Å². The molecule has 0 aliphatic heterocycles. The van der Waals surface area contributed by atoms with Crippen LogP contribution in [-0.2, 0) is 0 Å². The first kappa shape index (κ1) is 15.3. The number of hydrogen-bond donors (Lipinski definition) is 2. The fourth-order valence-corrected chi connectivity index (χ4v) is 1.92. The van der Waals surface area contributed by atoms with E-state index in [1.54, 1.807) is 0 Å². The number of nitrogens with one attached hydrogen (secondary N) is 2. The molecule has 4 nitrogen and oxygen atoms in total. The summed E-state index contributed by atoms with van der Waals surface area (Å²) in [5, 5.41) is 6.65. The Morgan fingerprint density at radius 1 is 1.05 bits per heavy atom. The van der Waals surface area contributed by atoms with E-state index in [4.69, 9.17) is 0 Å². The molecule has 2 N–H and O–H groups in total. The molecule has 21 heavy (non-hydrogen) atoms. The molecule has 4 heteroatoms. The van der Waals surface area contributed by atoms with Crippen molar-refractivity contribution in [3.8, 4) is 11.3 Å². The second kappa shape index (κ2) is 7.62. The van der Waals surface area contributed by atoms with Crippen molar-refractivity contribution in [1.82, 2.24) is 9.97 Å². The Hall–Kier alpha value is -2.10. The normalized spacial score (nSPS) is 10.7. The number of rotatable bonds is 7. The van der Waals surface area contributed by atoms with Crippen LogP contribution in [0.25, 0.3) is 11.3 Å². The quantitative estimate of drug-likeness (QED) is 0.806. The monoisotopic (exact) mass is 284 g/mol. The maximum Gasteiger partial charge on any atom is 0.225 e. The van der Waals surface area contributed by atoms with Gasteiger partial charge in [-0.25, -0.2) is 4.98 Å². The Kier molecular flexibility index (Phi) is 5.55. The Morgan fingerprint density at radius 3 is 2.48 bits per heavy atom. The SMILES string of the molecule is CCCNc1nc(NCC(C)C)cc(-c2ccccc2)n1. The third kappa shape index (κ3) is 4.74. The Labute approximate surface area is 127 Å². The van der Waals surface area contributed by atoms with E-state index < -0.39 is 0 Å². The molecule has 1 aromatic heterocycles. The minimum Gasteiger partial charge on any atom is -0.370 e. The van der Waals surface area contributed by atoms with Gasteiger partial charge in [0.15, 0.2) is 0 Å². The predicted molar refractivity (Wildman–Crippen MR) is 89.6 cm³/mol. The van der Waals surface area contributed by atoms with Gasteiger partial charge in [-0.15, -0.1) is 0 Å². The molecule has 0 saturated carbocycles. The van der Waals surface area contributed by atoms with Crippen LogP contribution >= 0.6 is 0 Å². The van der Waals surface area contributed by atoms with Crippen molar-refractivity contribution in [3.05, 3.63) is 36.4 Å². The number of benzene rings is 1. The first-order chi connectivity index (χ1) is 10.2. The van der Waals surface area contributed by atoms with Gasteiger partial charge < -0.3 is 10.6 Å². The van der Waals surface area contributed by atoms with Crippen molar-refractivity contribution in [2.75, 3.05) is 23.7 Å². The second-order valence-electron chi connectivity index (χ2n) is 5.53. The Bertz CT molecular complexity index is 552. The van der Waals surface area contributed by atoms with E-state index in [2.05, 4.69) is 53.5 Å². The van der Waals surface area contributed by atoms with Gasteiger partial charge in [0.05, 0.1) is 5.69 Å². The molecule has 0 amide bonds.